The molecule has 2 heterocycles. The van der Waals surface area contributed by atoms with E-state index in [9.17, 15) is 71.3 Å². The molecule has 7 atom stereocenters. The van der Waals surface area contributed by atoms with E-state index in [0.717, 1.165) is 26.5 Å². The quantitative estimate of drug-likeness (QED) is 0.0939. The number of carboxylic acids is 1. The average Bonchev–Trinajstić information content (AvgIpc) is 3.54. The van der Waals surface area contributed by atoms with Gasteiger partial charge >= 0.3 is 5.97 Å². The molecule has 3 rings (SSSR count). The number of carbonyl (C=O) groups is 10. The van der Waals surface area contributed by atoms with Crippen LogP contribution in [-0.4, -0.2) is 142 Å². The van der Waals surface area contributed by atoms with Crippen molar-refractivity contribution in [1.82, 2.24) is 36.8 Å². The lowest BCUT2D eigenvalue weighted by Gasteiger charge is -2.27. The molecule has 1 aromatic carbocycles. The molecule has 9 amide bonds. The topological polar surface area (TPSA) is 365 Å². The van der Waals surface area contributed by atoms with E-state index in [2.05, 4.69) is 21.3 Å². The number of rotatable bonds is 6. The largest absolute Gasteiger partial charge is 0.481 e. The summed E-state index contributed by atoms with van der Waals surface area (Å²) in [7, 11) is 1.77. The van der Waals surface area contributed by atoms with Gasteiger partial charge in [-0.05, 0) is 17.7 Å². The molecule has 22 nitrogen and oxygen atoms in total. The summed E-state index contributed by atoms with van der Waals surface area (Å²) in [4.78, 5) is 128. The number of fused-ring (bicyclic) bond motifs is 1. The van der Waals surface area contributed by atoms with Crippen LogP contribution in [0.5, 0.6) is 0 Å². The molecular formula is C31H39F3N10O12S2. The number of nitrogens with zero attached hydrogens (tertiary/aromatic N) is 1. The molecule has 2 aliphatic heterocycles. The lowest BCUT2D eigenvalue weighted by Crippen LogP contribution is -2.57. The molecule has 0 aliphatic carbocycles. The predicted molar refractivity (Wildman–Crippen MR) is 193 cm³/mol. The molecule has 0 bridgehead atoms. The second-order valence-corrected chi connectivity index (χ2v) is 15.3. The number of amides is 9. The fourth-order valence-electron chi connectivity index (χ4n) is 5.37. The van der Waals surface area contributed by atoms with E-state index < -0.39 is 163 Å². The Bertz CT molecular complexity index is 1810. The molecule has 14 N–H and O–H groups in total. The van der Waals surface area contributed by atoms with Crippen LogP contribution in [0.3, 0.4) is 0 Å². The fraction of sp³-hybridized carbons (Fsp3) is 0.484. The van der Waals surface area contributed by atoms with Crippen LogP contribution in [0.4, 0.5) is 13.2 Å². The molecule has 0 aromatic heterocycles. The van der Waals surface area contributed by atoms with Gasteiger partial charge in [-0.1, -0.05) is 21.6 Å². The second kappa shape index (κ2) is 21.2. The number of carboxylic acid groups (broad SMARTS) is 1. The number of hydrogen-bond donors (Lipinski definition) is 11. The fourth-order valence-corrected chi connectivity index (χ4v) is 7.67. The SMILES string of the molecule is NC(=O)C[C@@H]1NC(=O)[C@@H]2C[C@@H](O)CN2C(=O)CNC(=O)[C@H](c2cc(F)c(F)c(F)c2)NC(=O)CNC(=O)[C@@H](CC(=O)O)NC(=O)[C@H](N)CSSC[C@H](C(N)=O)NC1=O. The summed E-state index contributed by atoms with van der Waals surface area (Å²) in [5, 5.41) is 32.4. The third-order valence-corrected chi connectivity index (χ3v) is 10.7. The molecule has 27 heteroatoms. The van der Waals surface area contributed by atoms with Crippen LogP contribution in [-0.2, 0) is 47.9 Å². The summed E-state index contributed by atoms with van der Waals surface area (Å²) in [6.07, 6.45) is -3.54. The van der Waals surface area contributed by atoms with Gasteiger partial charge in [-0.2, -0.15) is 0 Å². The van der Waals surface area contributed by atoms with Crippen molar-refractivity contribution in [2.45, 2.75) is 61.6 Å². The van der Waals surface area contributed by atoms with Crippen molar-refractivity contribution in [3.63, 3.8) is 0 Å². The van der Waals surface area contributed by atoms with Gasteiger partial charge < -0.3 is 64.2 Å². The standard InChI is InChI=1S/C31H39F3N10O12S2/c32-13-1-11(2-14(33)24(13)34)25-31(56)39-7-22(48)44-8-12(45)3-19(44)30(55)41-16(4-20(36)46)29(54)42-18(26(37)51)10-58-57-9-15(35)27(52)40-17(5-23(49)50)28(53)38-6-21(47)43-25/h1-2,12,15-19,25,45H,3-10,35H2,(H2,36,46)(H2,37,51)(H,38,53)(H,39,56)(H,40,52)(H,41,55)(H,42,54)(H,43,47)(H,49,50)/t12-,15-,16+,17-,18-,19+,25+/m1/s1. The van der Waals surface area contributed by atoms with Gasteiger partial charge in [0, 0.05) is 24.5 Å². The number of aliphatic hydroxyl groups excluding tert-OH is 1. The Kier molecular flexibility index (Phi) is 17.1. The predicted octanol–water partition coefficient (Wildman–Crippen LogP) is -5.53. The summed E-state index contributed by atoms with van der Waals surface area (Å²) in [5.41, 5.74) is 15.9. The molecule has 2 aliphatic rings. The number of hydrogen-bond acceptors (Lipinski definition) is 14. The highest BCUT2D eigenvalue weighted by molar-refractivity contribution is 8.76. The van der Waals surface area contributed by atoms with E-state index >= 15 is 0 Å². The maximum atomic E-state index is 14.2. The van der Waals surface area contributed by atoms with Crippen molar-refractivity contribution < 1.29 is 71.3 Å². The van der Waals surface area contributed by atoms with E-state index in [0.29, 0.717) is 12.1 Å². The third kappa shape index (κ3) is 13.5. The zero-order chi connectivity index (χ0) is 43.4. The minimum absolute atomic E-state index is 0.226. The Morgan fingerprint density at radius 3 is 1.97 bits per heavy atom. The van der Waals surface area contributed by atoms with E-state index in [-0.39, 0.29) is 11.5 Å². The van der Waals surface area contributed by atoms with Crippen molar-refractivity contribution in [2.75, 3.05) is 31.1 Å². The van der Waals surface area contributed by atoms with Gasteiger partial charge in [0.05, 0.1) is 38.1 Å². The lowest BCUT2D eigenvalue weighted by atomic mass is 10.0. The Labute approximate surface area is 333 Å². The monoisotopic (exact) mass is 864 g/mol. The molecular weight excluding hydrogens is 826 g/mol. The molecule has 58 heavy (non-hydrogen) atoms. The van der Waals surface area contributed by atoms with E-state index in [1.807, 2.05) is 10.6 Å². The average molecular weight is 865 g/mol. The molecule has 2 saturated heterocycles. The van der Waals surface area contributed by atoms with Gasteiger partial charge in [0.15, 0.2) is 17.5 Å². The van der Waals surface area contributed by atoms with Gasteiger partial charge in [-0.3, -0.25) is 47.9 Å². The van der Waals surface area contributed by atoms with E-state index in [1.165, 1.54) is 0 Å². The summed E-state index contributed by atoms with van der Waals surface area (Å²) >= 11 is 0. The van der Waals surface area contributed by atoms with Crippen molar-refractivity contribution in [3.8, 4) is 0 Å². The summed E-state index contributed by atoms with van der Waals surface area (Å²) < 4.78 is 42.3. The van der Waals surface area contributed by atoms with Gasteiger partial charge in [0.2, 0.25) is 53.2 Å². The molecule has 0 unspecified atom stereocenters. The Balaban J connectivity index is 1.97. The molecule has 0 spiro atoms. The first-order chi connectivity index (χ1) is 27.2. The Hall–Kier alpha value is -5.67. The maximum Gasteiger partial charge on any atom is 0.305 e. The molecule has 2 fully saturated rings. The van der Waals surface area contributed by atoms with Crippen LogP contribution in [0.1, 0.15) is 30.9 Å². The van der Waals surface area contributed by atoms with Crippen LogP contribution in [0.25, 0.3) is 0 Å². The van der Waals surface area contributed by atoms with Gasteiger partial charge in [0.25, 0.3) is 0 Å². The number of aliphatic hydroxyl groups is 1. The zero-order valence-corrected chi connectivity index (χ0v) is 31.6. The second-order valence-electron chi connectivity index (χ2n) is 12.7. The smallest absolute Gasteiger partial charge is 0.305 e. The van der Waals surface area contributed by atoms with Crippen molar-refractivity contribution in [1.29, 1.82) is 0 Å². The van der Waals surface area contributed by atoms with E-state index in [4.69, 9.17) is 17.2 Å². The molecule has 0 radical (unpaired) electrons. The number of nitrogens with two attached hydrogens (primary N) is 3. The molecule has 0 saturated carbocycles. The molecule has 1 aromatic rings. The van der Waals surface area contributed by atoms with Crippen LogP contribution < -0.4 is 49.1 Å². The van der Waals surface area contributed by atoms with Crippen molar-refractivity contribution in [2.24, 2.45) is 17.2 Å². The number of carbonyl (C=O) groups excluding carboxylic acids is 9. The van der Waals surface area contributed by atoms with E-state index in [1.54, 1.807) is 0 Å². The first-order valence-corrected chi connectivity index (χ1v) is 19.3. The number of nitrogens with one attached hydrogen (secondary N) is 6. The van der Waals surface area contributed by atoms with Crippen LogP contribution in [0.2, 0.25) is 0 Å². The first-order valence-electron chi connectivity index (χ1n) is 16.9. The summed E-state index contributed by atoms with van der Waals surface area (Å²) in [6, 6.07) is -9.33. The van der Waals surface area contributed by atoms with Crippen LogP contribution in [0, 0.1) is 17.5 Å². The summed E-state index contributed by atoms with van der Waals surface area (Å²) in [5.74, 6) is -17.8. The number of halogens is 3. The Morgan fingerprint density at radius 2 is 1.36 bits per heavy atom. The van der Waals surface area contributed by atoms with Crippen LogP contribution in [0.15, 0.2) is 12.1 Å². The minimum atomic E-state index is -2.09. The third-order valence-electron chi connectivity index (χ3n) is 8.26. The van der Waals surface area contributed by atoms with Crippen LogP contribution >= 0.6 is 21.6 Å². The molecule has 318 valence electrons. The normalized spacial score (nSPS) is 26.5. The lowest BCUT2D eigenvalue weighted by molar-refractivity contribution is -0.141. The zero-order valence-electron chi connectivity index (χ0n) is 30.0. The van der Waals surface area contributed by atoms with Gasteiger partial charge in [-0.25, -0.2) is 13.2 Å². The van der Waals surface area contributed by atoms with Crippen molar-refractivity contribution in [3.05, 3.63) is 35.1 Å². The minimum Gasteiger partial charge on any atom is -0.481 e. The van der Waals surface area contributed by atoms with Gasteiger partial charge in [0.1, 0.15) is 30.2 Å². The number of aliphatic carboxylic acids is 1. The number of primary amides is 2. The number of benzene rings is 1. The van der Waals surface area contributed by atoms with Gasteiger partial charge in [-0.15, -0.1) is 0 Å². The Morgan fingerprint density at radius 1 is 0.776 bits per heavy atom. The maximum absolute atomic E-state index is 14.2. The first kappa shape index (κ1) is 46.7. The highest BCUT2D eigenvalue weighted by atomic mass is 33.1. The highest BCUT2D eigenvalue weighted by Gasteiger charge is 2.41. The van der Waals surface area contributed by atoms with Crippen molar-refractivity contribution >= 4 is 80.7 Å². The summed E-state index contributed by atoms with van der Waals surface area (Å²) in [6.45, 7) is -2.52. The highest BCUT2D eigenvalue weighted by Crippen LogP contribution is 2.24.